The van der Waals surface area contributed by atoms with Gasteiger partial charge in [-0.05, 0) is 23.3 Å². The van der Waals surface area contributed by atoms with E-state index in [0.717, 1.165) is 10.4 Å². The van der Waals surface area contributed by atoms with Crippen LogP contribution in [0.15, 0.2) is 54.7 Å². The van der Waals surface area contributed by atoms with Gasteiger partial charge in [0, 0.05) is 23.9 Å². The van der Waals surface area contributed by atoms with Gasteiger partial charge in [-0.3, -0.25) is 9.59 Å². The largest absolute Gasteiger partial charge is 0.383 e. The van der Waals surface area contributed by atoms with Crippen LogP contribution >= 0.6 is 34.5 Å². The van der Waals surface area contributed by atoms with Gasteiger partial charge >= 0.3 is 0 Å². The number of carbonyl (C=O) groups is 2. The van der Waals surface area contributed by atoms with E-state index in [2.05, 4.69) is 15.6 Å². The first-order valence-electron chi connectivity index (χ1n) is 9.76. The second-order valence-electron chi connectivity index (χ2n) is 7.10. The van der Waals surface area contributed by atoms with Crippen LogP contribution in [0.3, 0.4) is 0 Å². The zero-order valence-corrected chi connectivity index (χ0v) is 19.3. The maximum atomic E-state index is 12.9. The van der Waals surface area contributed by atoms with Crippen molar-refractivity contribution >= 4 is 51.5 Å². The molecule has 2 aromatic carbocycles. The molecule has 3 rings (SSSR count). The van der Waals surface area contributed by atoms with E-state index in [9.17, 15) is 14.7 Å². The molecule has 0 aliphatic carbocycles. The number of benzene rings is 2. The Balaban J connectivity index is 1.70. The summed E-state index contributed by atoms with van der Waals surface area (Å²) in [5, 5.41) is 16.9. The smallest absolute Gasteiger partial charge is 0.249 e. The highest BCUT2D eigenvalue weighted by molar-refractivity contribution is 7.15. The quantitative estimate of drug-likeness (QED) is 0.366. The van der Waals surface area contributed by atoms with E-state index in [1.54, 1.807) is 24.4 Å². The zero-order chi connectivity index (χ0) is 23.1. The van der Waals surface area contributed by atoms with Gasteiger partial charge in [-0.2, -0.15) is 0 Å². The Hall–Kier alpha value is -2.65. The van der Waals surface area contributed by atoms with Crippen molar-refractivity contribution < 1.29 is 14.7 Å². The molecule has 0 bridgehead atoms. The van der Waals surface area contributed by atoms with Crippen molar-refractivity contribution in [2.45, 2.75) is 31.5 Å². The second kappa shape index (κ2) is 11.3. The molecule has 2 atom stereocenters. The summed E-state index contributed by atoms with van der Waals surface area (Å²) in [5.41, 5.74) is 7.14. The lowest BCUT2D eigenvalue weighted by Gasteiger charge is -2.21. The van der Waals surface area contributed by atoms with E-state index in [1.807, 2.05) is 30.3 Å². The molecule has 3 aromatic rings. The SMILES string of the molecule is Nc1ncc(CNC(=O)[C@H](Cc2ccc(Cl)c(Cl)c2)NC(=O)[C@H](O)Cc2ccccc2)s1. The van der Waals surface area contributed by atoms with Gasteiger partial charge in [0.2, 0.25) is 11.8 Å². The zero-order valence-electron chi connectivity index (χ0n) is 16.9. The summed E-state index contributed by atoms with van der Waals surface area (Å²) in [6, 6.07) is 13.2. The lowest BCUT2D eigenvalue weighted by molar-refractivity contribution is -0.134. The average molecular weight is 493 g/mol. The summed E-state index contributed by atoms with van der Waals surface area (Å²) in [4.78, 5) is 30.2. The van der Waals surface area contributed by atoms with Gasteiger partial charge in [0.25, 0.3) is 0 Å². The van der Waals surface area contributed by atoms with Crippen LogP contribution in [0, 0.1) is 0 Å². The number of aromatic nitrogens is 1. The minimum Gasteiger partial charge on any atom is -0.383 e. The summed E-state index contributed by atoms with van der Waals surface area (Å²) >= 11 is 13.3. The minimum absolute atomic E-state index is 0.133. The number of nitrogens with zero attached hydrogens (tertiary/aromatic N) is 1. The first-order valence-corrected chi connectivity index (χ1v) is 11.3. The Morgan fingerprint density at radius 3 is 2.44 bits per heavy atom. The van der Waals surface area contributed by atoms with Gasteiger partial charge in [0.05, 0.1) is 16.6 Å². The number of anilines is 1. The number of hydrogen-bond acceptors (Lipinski definition) is 6. The van der Waals surface area contributed by atoms with E-state index < -0.39 is 24.0 Å². The molecule has 7 nitrogen and oxygen atoms in total. The fourth-order valence-electron chi connectivity index (χ4n) is 3.01. The van der Waals surface area contributed by atoms with Gasteiger partial charge in [-0.15, -0.1) is 11.3 Å². The molecule has 0 saturated heterocycles. The molecule has 0 aliphatic heterocycles. The van der Waals surface area contributed by atoms with Crippen molar-refractivity contribution in [3.05, 3.63) is 80.8 Å². The van der Waals surface area contributed by atoms with E-state index in [-0.39, 0.29) is 19.4 Å². The predicted octanol–water partition coefficient (Wildman–Crippen LogP) is 2.98. The number of hydrogen-bond donors (Lipinski definition) is 4. The lowest BCUT2D eigenvalue weighted by atomic mass is 10.0. The highest BCUT2D eigenvalue weighted by atomic mass is 35.5. The molecule has 0 saturated carbocycles. The van der Waals surface area contributed by atoms with Crippen LogP contribution in [0.5, 0.6) is 0 Å². The summed E-state index contributed by atoms with van der Waals surface area (Å²) in [7, 11) is 0. The number of carbonyl (C=O) groups excluding carboxylic acids is 2. The Morgan fingerprint density at radius 2 is 1.78 bits per heavy atom. The fraction of sp³-hybridized carbons (Fsp3) is 0.227. The number of halogens is 2. The molecule has 0 aliphatic rings. The van der Waals surface area contributed by atoms with Gasteiger partial charge in [0.15, 0.2) is 5.13 Å². The molecule has 10 heteroatoms. The first-order chi connectivity index (χ1) is 15.3. The van der Waals surface area contributed by atoms with Crippen LogP contribution in [0.2, 0.25) is 10.0 Å². The summed E-state index contributed by atoms with van der Waals surface area (Å²) < 4.78 is 0. The number of nitrogens with one attached hydrogen (secondary N) is 2. The molecule has 0 unspecified atom stereocenters. The van der Waals surface area contributed by atoms with Crippen molar-refractivity contribution in [2.24, 2.45) is 0 Å². The topological polar surface area (TPSA) is 117 Å². The van der Waals surface area contributed by atoms with Crippen LogP contribution < -0.4 is 16.4 Å². The number of aliphatic hydroxyl groups excluding tert-OH is 1. The third kappa shape index (κ3) is 6.93. The molecule has 5 N–H and O–H groups in total. The molecule has 168 valence electrons. The number of thiazole rings is 1. The van der Waals surface area contributed by atoms with Crippen molar-refractivity contribution in [2.75, 3.05) is 5.73 Å². The summed E-state index contributed by atoms with van der Waals surface area (Å²) in [5.74, 6) is -1.06. The third-order valence-corrected chi connectivity index (χ3v) is 6.21. The highest BCUT2D eigenvalue weighted by Gasteiger charge is 2.25. The molecule has 2 amide bonds. The van der Waals surface area contributed by atoms with Gasteiger partial charge < -0.3 is 21.5 Å². The summed E-state index contributed by atoms with van der Waals surface area (Å²) in [6.45, 7) is 0.216. The Morgan fingerprint density at radius 1 is 1.03 bits per heavy atom. The maximum absolute atomic E-state index is 12.9. The molecule has 1 heterocycles. The van der Waals surface area contributed by atoms with Crippen LogP contribution in [-0.4, -0.2) is 34.1 Å². The van der Waals surface area contributed by atoms with E-state index >= 15 is 0 Å². The normalized spacial score (nSPS) is 12.7. The molecule has 0 radical (unpaired) electrons. The van der Waals surface area contributed by atoms with Crippen LogP contribution in [0.1, 0.15) is 16.0 Å². The van der Waals surface area contributed by atoms with E-state index in [0.29, 0.717) is 20.7 Å². The average Bonchev–Trinajstić information content (AvgIpc) is 3.19. The number of aliphatic hydroxyl groups is 1. The predicted molar refractivity (Wildman–Crippen MR) is 127 cm³/mol. The van der Waals surface area contributed by atoms with Gasteiger partial charge in [0.1, 0.15) is 12.1 Å². The van der Waals surface area contributed by atoms with Crippen LogP contribution in [0.4, 0.5) is 5.13 Å². The monoisotopic (exact) mass is 492 g/mol. The van der Waals surface area contributed by atoms with Crippen LogP contribution in [-0.2, 0) is 29.0 Å². The Bertz CT molecular complexity index is 1080. The van der Waals surface area contributed by atoms with Crippen molar-refractivity contribution in [3.8, 4) is 0 Å². The number of nitrogen functional groups attached to an aromatic ring is 1. The summed E-state index contributed by atoms with van der Waals surface area (Å²) in [6.07, 6.45) is 0.574. The second-order valence-corrected chi connectivity index (χ2v) is 9.06. The Kier molecular flexibility index (Phi) is 8.46. The molecule has 0 spiro atoms. The highest BCUT2D eigenvalue weighted by Crippen LogP contribution is 2.23. The Labute approximate surface area is 199 Å². The van der Waals surface area contributed by atoms with Crippen molar-refractivity contribution in [3.63, 3.8) is 0 Å². The molecule has 1 aromatic heterocycles. The van der Waals surface area contributed by atoms with Crippen LogP contribution in [0.25, 0.3) is 0 Å². The van der Waals surface area contributed by atoms with Gasteiger partial charge in [-0.25, -0.2) is 4.98 Å². The number of amides is 2. The standard InChI is InChI=1S/C22H22Cl2N4O3S/c23-16-7-6-14(8-17(16)24)9-18(20(30)26-11-15-12-27-22(25)32-15)28-21(31)19(29)10-13-4-2-1-3-5-13/h1-8,12,18-19,29H,9-11H2,(H2,25,27)(H,26,30)(H,28,31)/t18-,19+/m0/s1. The number of rotatable bonds is 9. The van der Waals surface area contributed by atoms with Gasteiger partial charge in [-0.1, -0.05) is 59.6 Å². The lowest BCUT2D eigenvalue weighted by Crippen LogP contribution is -2.51. The fourth-order valence-corrected chi connectivity index (χ4v) is 3.96. The third-order valence-electron chi connectivity index (χ3n) is 4.64. The van der Waals surface area contributed by atoms with E-state index in [4.69, 9.17) is 28.9 Å². The molecule has 32 heavy (non-hydrogen) atoms. The minimum atomic E-state index is -1.30. The number of nitrogens with two attached hydrogens (primary N) is 1. The molecular formula is C22H22Cl2N4O3S. The maximum Gasteiger partial charge on any atom is 0.249 e. The van der Waals surface area contributed by atoms with Crippen molar-refractivity contribution in [1.29, 1.82) is 0 Å². The molecule has 0 fully saturated rings. The molecular weight excluding hydrogens is 471 g/mol. The van der Waals surface area contributed by atoms with Crippen molar-refractivity contribution in [1.82, 2.24) is 15.6 Å². The first kappa shape index (κ1) is 24.0. The van der Waals surface area contributed by atoms with E-state index in [1.165, 1.54) is 11.3 Å².